The van der Waals surface area contributed by atoms with E-state index in [0.29, 0.717) is 18.3 Å². The molecule has 1 aromatic heterocycles. The van der Waals surface area contributed by atoms with Crippen LogP contribution in [0.25, 0.3) is 11.0 Å². The molecular formula is C17H22N4O2. The van der Waals surface area contributed by atoms with E-state index in [0.717, 1.165) is 55.6 Å². The molecule has 0 radical (unpaired) electrons. The highest BCUT2D eigenvalue weighted by molar-refractivity contribution is 5.77. The van der Waals surface area contributed by atoms with Crippen molar-refractivity contribution in [3.8, 4) is 0 Å². The van der Waals surface area contributed by atoms with Crippen molar-refractivity contribution in [2.75, 3.05) is 26.2 Å². The molecule has 1 aromatic carbocycles. The molecule has 2 atom stereocenters. The number of rotatable bonds is 4. The number of aryl methyl sites for hydroxylation is 1. The van der Waals surface area contributed by atoms with Crippen molar-refractivity contribution in [1.82, 2.24) is 20.2 Å². The number of aromatic nitrogens is 2. The number of likely N-dealkylation sites (tertiary alicyclic amines) is 1. The number of benzene rings is 1. The van der Waals surface area contributed by atoms with Gasteiger partial charge in [0.25, 0.3) is 0 Å². The van der Waals surface area contributed by atoms with Gasteiger partial charge in [-0.15, -0.1) is 0 Å². The number of amides is 1. The van der Waals surface area contributed by atoms with Gasteiger partial charge in [0.1, 0.15) is 0 Å². The second-order valence-corrected chi connectivity index (χ2v) is 6.79. The molecule has 2 saturated heterocycles. The minimum absolute atomic E-state index is 0.179. The van der Waals surface area contributed by atoms with E-state index >= 15 is 0 Å². The van der Waals surface area contributed by atoms with Gasteiger partial charge in [-0.2, -0.15) is 0 Å². The molecule has 2 aromatic rings. The second kappa shape index (κ2) is 5.85. The number of fused-ring (bicyclic) bond motifs is 2. The van der Waals surface area contributed by atoms with Crippen molar-refractivity contribution in [1.29, 1.82) is 0 Å². The minimum atomic E-state index is -0.179. The number of imidazole rings is 1. The van der Waals surface area contributed by atoms with Crippen LogP contribution in [0.5, 0.6) is 0 Å². The molecule has 6 nitrogen and oxygen atoms in total. The summed E-state index contributed by atoms with van der Waals surface area (Å²) < 4.78 is 0. The van der Waals surface area contributed by atoms with Crippen LogP contribution in [0.1, 0.15) is 18.4 Å². The molecule has 4 rings (SSSR count). The number of hydrogen-bond acceptors (Lipinski definition) is 3. The zero-order chi connectivity index (χ0) is 15.8. The Hall–Kier alpha value is -2.08. The molecule has 0 unspecified atom stereocenters. The maximum atomic E-state index is 12.3. The molecule has 6 heteroatoms. The van der Waals surface area contributed by atoms with Crippen LogP contribution in [0.4, 0.5) is 0 Å². The number of aromatic amines is 2. The fourth-order valence-electron chi connectivity index (χ4n) is 3.90. The van der Waals surface area contributed by atoms with Crippen molar-refractivity contribution in [3.63, 3.8) is 0 Å². The SMILES string of the molecule is O=C(CCCc1ccc2[nH]c(=O)[nH]c2c1)N1C[C@H]2CNC[C@H]2C1. The molecule has 2 fully saturated rings. The molecule has 0 saturated carbocycles. The molecule has 122 valence electrons. The quantitative estimate of drug-likeness (QED) is 0.783. The van der Waals surface area contributed by atoms with Crippen LogP contribution in [0.15, 0.2) is 23.0 Å². The monoisotopic (exact) mass is 314 g/mol. The molecular weight excluding hydrogens is 292 g/mol. The molecule has 3 heterocycles. The maximum absolute atomic E-state index is 12.3. The number of nitrogens with one attached hydrogen (secondary N) is 3. The molecule has 3 N–H and O–H groups in total. The van der Waals surface area contributed by atoms with E-state index in [1.807, 2.05) is 23.1 Å². The molecule has 2 aliphatic rings. The first kappa shape index (κ1) is 14.5. The summed E-state index contributed by atoms with van der Waals surface area (Å²) in [4.78, 5) is 31.2. The van der Waals surface area contributed by atoms with Crippen LogP contribution in [0.3, 0.4) is 0 Å². The minimum Gasteiger partial charge on any atom is -0.342 e. The lowest BCUT2D eigenvalue weighted by molar-refractivity contribution is -0.130. The molecule has 23 heavy (non-hydrogen) atoms. The first-order valence-corrected chi connectivity index (χ1v) is 8.38. The predicted molar refractivity (Wildman–Crippen MR) is 88.3 cm³/mol. The summed E-state index contributed by atoms with van der Waals surface area (Å²) in [6.07, 6.45) is 2.31. The maximum Gasteiger partial charge on any atom is 0.323 e. The molecule has 0 aliphatic carbocycles. The Morgan fingerprint density at radius 3 is 2.65 bits per heavy atom. The van der Waals surface area contributed by atoms with Crippen molar-refractivity contribution in [2.24, 2.45) is 11.8 Å². The smallest absolute Gasteiger partial charge is 0.323 e. The van der Waals surface area contributed by atoms with Crippen molar-refractivity contribution in [3.05, 3.63) is 34.2 Å². The molecule has 1 amide bonds. The zero-order valence-electron chi connectivity index (χ0n) is 13.1. The largest absolute Gasteiger partial charge is 0.342 e. The van der Waals surface area contributed by atoms with E-state index in [-0.39, 0.29) is 11.6 Å². The fraction of sp³-hybridized carbons (Fsp3) is 0.529. The van der Waals surface area contributed by atoms with Crippen LogP contribution in [-0.2, 0) is 11.2 Å². The Morgan fingerprint density at radius 1 is 1.13 bits per heavy atom. The third kappa shape index (κ3) is 2.91. The van der Waals surface area contributed by atoms with Crippen LogP contribution in [-0.4, -0.2) is 47.0 Å². The normalized spacial score (nSPS) is 23.6. The topological polar surface area (TPSA) is 81.0 Å². The van der Waals surface area contributed by atoms with Crippen LogP contribution in [0.2, 0.25) is 0 Å². The van der Waals surface area contributed by atoms with Gasteiger partial charge in [-0.1, -0.05) is 6.07 Å². The number of hydrogen-bond donors (Lipinski definition) is 3. The second-order valence-electron chi connectivity index (χ2n) is 6.79. The Labute approximate surface area is 134 Å². The fourth-order valence-corrected chi connectivity index (χ4v) is 3.90. The summed E-state index contributed by atoms with van der Waals surface area (Å²) >= 11 is 0. The lowest BCUT2D eigenvalue weighted by Gasteiger charge is -2.17. The number of carbonyl (C=O) groups is 1. The highest BCUT2D eigenvalue weighted by Gasteiger charge is 2.37. The first-order valence-electron chi connectivity index (χ1n) is 8.38. The van der Waals surface area contributed by atoms with Gasteiger partial charge in [-0.05, 0) is 42.4 Å². The van der Waals surface area contributed by atoms with Gasteiger partial charge in [-0.25, -0.2) is 4.79 Å². The summed E-state index contributed by atoms with van der Waals surface area (Å²) in [6, 6.07) is 5.92. The van der Waals surface area contributed by atoms with Gasteiger partial charge in [0.05, 0.1) is 11.0 Å². The standard InChI is InChI=1S/C17H22N4O2/c22-16(21-9-12-7-18-8-13(12)10-21)3-1-2-11-4-5-14-15(6-11)20-17(23)19-14/h4-6,12-13,18H,1-3,7-10H2,(H2,19,20,23)/t12-,13+. The highest BCUT2D eigenvalue weighted by atomic mass is 16.2. The summed E-state index contributed by atoms with van der Waals surface area (Å²) in [5.41, 5.74) is 2.63. The first-order chi connectivity index (χ1) is 11.2. The van der Waals surface area contributed by atoms with E-state index < -0.39 is 0 Å². The van der Waals surface area contributed by atoms with Crippen molar-refractivity contribution >= 4 is 16.9 Å². The Bertz CT molecular complexity index is 766. The Morgan fingerprint density at radius 2 is 1.87 bits per heavy atom. The lowest BCUT2D eigenvalue weighted by Crippen LogP contribution is -2.31. The van der Waals surface area contributed by atoms with Gasteiger partial charge < -0.3 is 20.2 Å². The number of carbonyl (C=O) groups excluding carboxylic acids is 1. The van der Waals surface area contributed by atoms with Crippen LogP contribution < -0.4 is 11.0 Å². The summed E-state index contributed by atoms with van der Waals surface area (Å²) in [5.74, 6) is 1.61. The van der Waals surface area contributed by atoms with Gasteiger partial charge >= 0.3 is 5.69 Å². The van der Waals surface area contributed by atoms with Gasteiger partial charge in [0.2, 0.25) is 5.91 Å². The van der Waals surface area contributed by atoms with Gasteiger partial charge in [-0.3, -0.25) is 4.79 Å². The van der Waals surface area contributed by atoms with Gasteiger partial charge in [0, 0.05) is 32.6 Å². The van der Waals surface area contributed by atoms with Crippen molar-refractivity contribution in [2.45, 2.75) is 19.3 Å². The van der Waals surface area contributed by atoms with Gasteiger partial charge in [0.15, 0.2) is 0 Å². The summed E-state index contributed by atoms with van der Waals surface area (Å²) in [5, 5.41) is 3.40. The third-order valence-electron chi connectivity index (χ3n) is 5.18. The average Bonchev–Trinajstić information content (AvgIpc) is 3.19. The van der Waals surface area contributed by atoms with Crippen LogP contribution in [0, 0.1) is 11.8 Å². The summed E-state index contributed by atoms with van der Waals surface area (Å²) in [7, 11) is 0. The highest BCUT2D eigenvalue weighted by Crippen LogP contribution is 2.26. The molecule has 2 aliphatic heterocycles. The van der Waals surface area contributed by atoms with E-state index in [1.54, 1.807) is 0 Å². The Balaban J connectivity index is 1.30. The average molecular weight is 314 g/mol. The Kier molecular flexibility index (Phi) is 3.69. The van der Waals surface area contributed by atoms with E-state index in [1.165, 1.54) is 0 Å². The van der Waals surface area contributed by atoms with Crippen LogP contribution >= 0.6 is 0 Å². The van der Waals surface area contributed by atoms with E-state index in [9.17, 15) is 9.59 Å². The number of H-pyrrole nitrogens is 2. The predicted octanol–water partition coefficient (Wildman–Crippen LogP) is 0.857. The third-order valence-corrected chi connectivity index (χ3v) is 5.18. The zero-order valence-corrected chi connectivity index (χ0v) is 13.1. The molecule has 0 bridgehead atoms. The van der Waals surface area contributed by atoms with E-state index in [2.05, 4.69) is 15.3 Å². The summed E-state index contributed by atoms with van der Waals surface area (Å²) in [6.45, 7) is 3.97. The lowest BCUT2D eigenvalue weighted by atomic mass is 10.0. The number of nitrogens with zero attached hydrogens (tertiary/aromatic N) is 1. The van der Waals surface area contributed by atoms with Crippen molar-refractivity contribution < 1.29 is 4.79 Å². The molecule has 0 spiro atoms. The van der Waals surface area contributed by atoms with E-state index in [4.69, 9.17) is 0 Å².